The van der Waals surface area contributed by atoms with Gasteiger partial charge in [-0.05, 0) is 30.7 Å². The quantitative estimate of drug-likeness (QED) is 0.893. The number of rotatable bonds is 5. The van der Waals surface area contributed by atoms with Crippen molar-refractivity contribution in [2.24, 2.45) is 0 Å². The number of hydrogen-bond acceptors (Lipinski definition) is 3. The number of alkyl halides is 3. The average molecular weight is 356 g/mol. The van der Waals surface area contributed by atoms with E-state index in [0.29, 0.717) is 6.42 Å². The molecule has 3 rings (SSSR count). The van der Waals surface area contributed by atoms with Crippen molar-refractivity contribution in [3.63, 3.8) is 0 Å². The molecule has 2 atom stereocenters. The number of para-hydroxylation sites is 2. The lowest BCUT2D eigenvalue weighted by Gasteiger charge is -2.25. The van der Waals surface area contributed by atoms with Gasteiger partial charge < -0.3 is 4.90 Å². The molecule has 1 fully saturated rings. The lowest BCUT2D eigenvalue weighted by Crippen LogP contribution is -2.40. The number of nitrogens with one attached hydrogen (secondary N) is 1. The Kier molecular flexibility index (Phi) is 4.27. The van der Waals surface area contributed by atoms with Crippen LogP contribution in [-0.4, -0.2) is 26.0 Å². The van der Waals surface area contributed by atoms with Gasteiger partial charge in [-0.1, -0.05) is 36.4 Å². The normalized spacial score (nSPS) is 20.6. The molecule has 128 valence electrons. The molecule has 2 unspecified atom stereocenters. The summed E-state index contributed by atoms with van der Waals surface area (Å²) in [5, 5.41) is 0. The highest BCUT2D eigenvalue weighted by Crippen LogP contribution is 2.39. The third-order valence-corrected chi connectivity index (χ3v) is 4.99. The van der Waals surface area contributed by atoms with E-state index in [9.17, 15) is 21.6 Å². The van der Waals surface area contributed by atoms with E-state index in [1.165, 1.54) is 0 Å². The van der Waals surface area contributed by atoms with E-state index >= 15 is 0 Å². The van der Waals surface area contributed by atoms with Crippen LogP contribution in [0.2, 0.25) is 0 Å². The maximum Gasteiger partial charge on any atom is 0.511 e. The summed E-state index contributed by atoms with van der Waals surface area (Å²) in [7, 11) is -5.34. The SMILES string of the molecule is O=S(=O)(NC1CC1N(c1ccccc1)c1ccccc1)C(F)(F)F. The summed E-state index contributed by atoms with van der Waals surface area (Å²) in [5.41, 5.74) is -3.71. The highest BCUT2D eigenvalue weighted by Gasteiger charge is 2.52. The van der Waals surface area contributed by atoms with E-state index in [-0.39, 0.29) is 6.04 Å². The fourth-order valence-electron chi connectivity index (χ4n) is 2.57. The molecule has 1 aliphatic carbocycles. The topological polar surface area (TPSA) is 49.4 Å². The molecule has 2 aromatic rings. The second-order valence-electron chi connectivity index (χ2n) is 5.52. The first-order valence-electron chi connectivity index (χ1n) is 7.27. The van der Waals surface area contributed by atoms with Crippen LogP contribution in [0, 0.1) is 0 Å². The Morgan fingerprint density at radius 1 is 0.917 bits per heavy atom. The average Bonchev–Trinajstić information content (AvgIpc) is 3.26. The summed E-state index contributed by atoms with van der Waals surface area (Å²) < 4.78 is 61.9. The standard InChI is InChI=1S/C16H15F3N2O2S/c17-16(18,19)24(22,23)20-14-11-15(14)21(12-7-3-1-4-8-12)13-9-5-2-6-10-13/h1-10,14-15,20H,11H2. The van der Waals surface area contributed by atoms with Gasteiger partial charge in [-0.15, -0.1) is 0 Å². The fourth-order valence-corrected chi connectivity index (χ4v) is 3.35. The Labute approximate surface area is 138 Å². The summed E-state index contributed by atoms with van der Waals surface area (Å²) in [6.07, 6.45) is 0.305. The van der Waals surface area contributed by atoms with Crippen molar-refractivity contribution in [1.29, 1.82) is 0 Å². The highest BCUT2D eigenvalue weighted by molar-refractivity contribution is 7.90. The number of nitrogens with zero attached hydrogens (tertiary/aromatic N) is 1. The monoisotopic (exact) mass is 356 g/mol. The zero-order valence-electron chi connectivity index (χ0n) is 12.4. The minimum absolute atomic E-state index is 0.305. The van der Waals surface area contributed by atoms with Crippen LogP contribution in [0.4, 0.5) is 24.5 Å². The van der Waals surface area contributed by atoms with Crippen molar-refractivity contribution in [3.05, 3.63) is 60.7 Å². The zero-order chi connectivity index (χ0) is 17.4. The van der Waals surface area contributed by atoms with Crippen LogP contribution in [0.3, 0.4) is 0 Å². The first-order chi connectivity index (χ1) is 11.3. The van der Waals surface area contributed by atoms with Gasteiger partial charge in [-0.3, -0.25) is 0 Å². The zero-order valence-corrected chi connectivity index (χ0v) is 13.3. The van der Waals surface area contributed by atoms with Gasteiger partial charge >= 0.3 is 15.5 Å². The summed E-state index contributed by atoms with van der Waals surface area (Å²) in [6, 6.07) is 17.1. The van der Waals surface area contributed by atoms with E-state index < -0.39 is 21.6 Å². The molecule has 0 heterocycles. The van der Waals surface area contributed by atoms with Crippen molar-refractivity contribution in [3.8, 4) is 0 Å². The maximum absolute atomic E-state index is 12.5. The van der Waals surface area contributed by atoms with Crippen molar-refractivity contribution >= 4 is 21.4 Å². The highest BCUT2D eigenvalue weighted by atomic mass is 32.2. The molecule has 0 bridgehead atoms. The second-order valence-corrected chi connectivity index (χ2v) is 7.22. The van der Waals surface area contributed by atoms with Gasteiger partial charge in [-0.2, -0.15) is 13.2 Å². The van der Waals surface area contributed by atoms with Gasteiger partial charge in [0.25, 0.3) is 0 Å². The molecule has 4 nitrogen and oxygen atoms in total. The molecule has 1 aliphatic rings. The predicted molar refractivity (Wildman–Crippen MR) is 85.3 cm³/mol. The lowest BCUT2D eigenvalue weighted by atomic mass is 10.2. The minimum Gasteiger partial charge on any atom is -0.337 e. The van der Waals surface area contributed by atoms with Crippen molar-refractivity contribution in [1.82, 2.24) is 4.72 Å². The summed E-state index contributed by atoms with van der Waals surface area (Å²) in [5.74, 6) is 0. The van der Waals surface area contributed by atoms with E-state index in [1.807, 2.05) is 65.6 Å². The van der Waals surface area contributed by atoms with Crippen molar-refractivity contribution in [2.45, 2.75) is 24.0 Å². The van der Waals surface area contributed by atoms with E-state index in [4.69, 9.17) is 0 Å². The van der Waals surface area contributed by atoms with E-state index in [1.54, 1.807) is 4.72 Å². The Morgan fingerprint density at radius 2 is 1.38 bits per heavy atom. The molecule has 8 heteroatoms. The summed E-state index contributed by atoms with van der Waals surface area (Å²) in [6.45, 7) is 0. The summed E-state index contributed by atoms with van der Waals surface area (Å²) in [4.78, 5) is 1.85. The lowest BCUT2D eigenvalue weighted by molar-refractivity contribution is -0.0448. The first kappa shape index (κ1) is 16.8. The van der Waals surface area contributed by atoms with Gasteiger partial charge in [0.15, 0.2) is 0 Å². The maximum atomic E-state index is 12.5. The fraction of sp³-hybridized carbons (Fsp3) is 0.250. The third kappa shape index (κ3) is 3.39. The van der Waals surface area contributed by atoms with Crippen LogP contribution in [0.15, 0.2) is 60.7 Å². The largest absolute Gasteiger partial charge is 0.511 e. The smallest absolute Gasteiger partial charge is 0.337 e. The number of benzene rings is 2. The number of halogens is 3. The molecular formula is C16H15F3N2O2S. The molecule has 0 spiro atoms. The molecule has 0 radical (unpaired) electrons. The minimum atomic E-state index is -5.34. The van der Waals surface area contributed by atoms with Gasteiger partial charge in [-0.25, -0.2) is 13.1 Å². The Bertz CT molecular complexity index is 756. The number of hydrogen-bond donors (Lipinski definition) is 1. The van der Waals surface area contributed by atoms with Crippen LogP contribution in [-0.2, 0) is 10.0 Å². The van der Waals surface area contributed by atoms with Gasteiger partial charge in [0.05, 0.1) is 6.04 Å². The molecule has 1 saturated carbocycles. The van der Waals surface area contributed by atoms with Crippen LogP contribution < -0.4 is 9.62 Å². The summed E-state index contributed by atoms with van der Waals surface area (Å²) >= 11 is 0. The molecule has 24 heavy (non-hydrogen) atoms. The Morgan fingerprint density at radius 3 is 1.79 bits per heavy atom. The molecule has 0 saturated heterocycles. The number of anilines is 2. The number of sulfonamides is 1. The molecule has 0 aliphatic heterocycles. The van der Waals surface area contributed by atoms with Crippen LogP contribution in [0.5, 0.6) is 0 Å². The van der Waals surface area contributed by atoms with Crippen LogP contribution >= 0.6 is 0 Å². The first-order valence-corrected chi connectivity index (χ1v) is 8.76. The van der Waals surface area contributed by atoms with Gasteiger partial charge in [0, 0.05) is 17.4 Å². The third-order valence-electron chi connectivity index (χ3n) is 3.77. The Balaban J connectivity index is 1.85. The van der Waals surface area contributed by atoms with E-state index in [0.717, 1.165) is 11.4 Å². The second kappa shape index (κ2) is 6.10. The molecule has 1 N–H and O–H groups in total. The molecule has 2 aromatic carbocycles. The predicted octanol–water partition coefficient (Wildman–Crippen LogP) is 3.40. The van der Waals surface area contributed by atoms with Gasteiger partial charge in [0.2, 0.25) is 0 Å². The van der Waals surface area contributed by atoms with Crippen molar-refractivity contribution < 1.29 is 21.6 Å². The van der Waals surface area contributed by atoms with E-state index in [2.05, 4.69) is 0 Å². The van der Waals surface area contributed by atoms with Gasteiger partial charge in [0.1, 0.15) is 0 Å². The van der Waals surface area contributed by atoms with Crippen LogP contribution in [0.1, 0.15) is 6.42 Å². The molecule has 0 aromatic heterocycles. The Hall–Kier alpha value is -2.06. The van der Waals surface area contributed by atoms with Crippen LogP contribution in [0.25, 0.3) is 0 Å². The van der Waals surface area contributed by atoms with Crippen molar-refractivity contribution in [2.75, 3.05) is 4.90 Å². The molecule has 0 amide bonds. The molecular weight excluding hydrogens is 341 g/mol.